The molecule has 2 N–H and O–H groups in total. The minimum Gasteiger partial charge on any atom is -0.497 e. The third kappa shape index (κ3) is 4.72. The van der Waals surface area contributed by atoms with E-state index in [1.165, 1.54) is 4.88 Å². The molecule has 3 fully saturated rings. The second-order valence-electron chi connectivity index (χ2n) is 15.3. The Kier molecular flexibility index (Phi) is 8.04. The van der Waals surface area contributed by atoms with Crippen LogP contribution in [-0.4, -0.2) is 65.5 Å². The summed E-state index contributed by atoms with van der Waals surface area (Å²) in [6, 6.07) is 11.5. The highest BCUT2D eigenvalue weighted by molar-refractivity contribution is 7.09. The summed E-state index contributed by atoms with van der Waals surface area (Å²) in [5, 5.41) is 25.8. The third-order valence-electron chi connectivity index (χ3n) is 13.5. The number of rotatable bonds is 9. The van der Waals surface area contributed by atoms with Crippen LogP contribution < -0.4 is 4.74 Å². The van der Waals surface area contributed by atoms with Crippen LogP contribution in [0.3, 0.4) is 0 Å². The zero-order valence-corrected chi connectivity index (χ0v) is 29.0. The predicted octanol–water partition coefficient (Wildman–Crippen LogP) is 7.23. The molecule has 8 heteroatoms. The van der Waals surface area contributed by atoms with E-state index in [-0.39, 0.29) is 47.7 Å². The van der Waals surface area contributed by atoms with E-state index in [2.05, 4.69) is 38.1 Å². The quantitative estimate of drug-likeness (QED) is 0.218. The summed E-state index contributed by atoms with van der Waals surface area (Å²) in [5.41, 5.74) is -1.28. The van der Waals surface area contributed by atoms with Crippen molar-refractivity contribution in [2.24, 2.45) is 33.5 Å². The number of amides is 1. The molecule has 7 nitrogen and oxygen atoms in total. The number of nitrogens with zero attached hydrogens (tertiary/aromatic N) is 1. The number of carbonyl (C=O) groups is 2. The number of hydrogen-bond donors (Lipinski definition) is 2. The lowest BCUT2D eigenvalue weighted by atomic mass is 9.32. The highest BCUT2D eigenvalue weighted by atomic mass is 32.1. The molecule has 2 spiro atoms. The predicted molar refractivity (Wildman–Crippen MR) is 183 cm³/mol. The molecule has 1 aromatic heterocycles. The Labute approximate surface area is 282 Å². The number of fused-ring (bicyclic) bond motifs is 1. The summed E-state index contributed by atoms with van der Waals surface area (Å²) < 4.78 is 10.9. The van der Waals surface area contributed by atoms with Crippen LogP contribution in [0, 0.1) is 33.5 Å². The lowest BCUT2D eigenvalue weighted by molar-refractivity contribution is -0.175. The van der Waals surface area contributed by atoms with Crippen molar-refractivity contribution in [1.29, 1.82) is 0 Å². The maximum atomic E-state index is 14.8. The number of Topliss-reactive ketones (excluding diaryl/α,β-unsaturated/α-hetero) is 1. The number of aliphatic hydroxyl groups is 2. The van der Waals surface area contributed by atoms with Gasteiger partial charge in [-0.1, -0.05) is 38.1 Å². The smallest absolute Gasteiger partial charge is 0.409 e. The van der Waals surface area contributed by atoms with Gasteiger partial charge in [0.1, 0.15) is 5.75 Å². The van der Waals surface area contributed by atoms with Crippen molar-refractivity contribution in [2.75, 3.05) is 26.8 Å². The van der Waals surface area contributed by atoms with Crippen molar-refractivity contribution in [3.05, 3.63) is 76.0 Å². The topological polar surface area (TPSA) is 96.3 Å². The first-order valence-electron chi connectivity index (χ1n) is 17.4. The molecule has 1 aromatic carbocycles. The Morgan fingerprint density at radius 1 is 1.00 bits per heavy atom. The molecule has 1 heterocycles. The molecule has 0 saturated heterocycles. The van der Waals surface area contributed by atoms with Crippen LogP contribution in [0.2, 0.25) is 0 Å². The Bertz CT molecular complexity index is 1580. The van der Waals surface area contributed by atoms with E-state index in [4.69, 9.17) is 9.47 Å². The number of allylic oxidation sites excluding steroid dienone is 4. The average Bonchev–Trinajstić information content (AvgIpc) is 3.68. The summed E-state index contributed by atoms with van der Waals surface area (Å²) in [5.74, 6) is 0.934. The van der Waals surface area contributed by atoms with Gasteiger partial charge in [-0.3, -0.25) is 4.79 Å². The van der Waals surface area contributed by atoms with Gasteiger partial charge >= 0.3 is 6.09 Å². The van der Waals surface area contributed by atoms with Gasteiger partial charge in [-0.2, -0.15) is 0 Å². The molecule has 0 radical (unpaired) electrons. The van der Waals surface area contributed by atoms with Gasteiger partial charge in [0, 0.05) is 38.8 Å². The first kappa shape index (κ1) is 32.6. The molecule has 3 saturated carbocycles. The summed E-state index contributed by atoms with van der Waals surface area (Å²) in [6.45, 7) is 7.37. The number of benzene rings is 1. The van der Waals surface area contributed by atoms with Gasteiger partial charge < -0.3 is 24.6 Å². The lowest BCUT2D eigenvalue weighted by Gasteiger charge is -2.71. The van der Waals surface area contributed by atoms with E-state index in [0.717, 1.165) is 37.7 Å². The van der Waals surface area contributed by atoms with Crippen molar-refractivity contribution >= 4 is 23.2 Å². The fourth-order valence-electron chi connectivity index (χ4n) is 11.0. The van der Waals surface area contributed by atoms with Gasteiger partial charge in [0.25, 0.3) is 0 Å². The monoisotopic (exact) mass is 659 g/mol. The number of ether oxygens (including phenoxy) is 2. The average molecular weight is 660 g/mol. The zero-order valence-electron chi connectivity index (χ0n) is 28.2. The zero-order chi connectivity index (χ0) is 33.2. The molecule has 2 aromatic rings. The number of thiophene rings is 1. The maximum Gasteiger partial charge on any atom is 0.409 e. The van der Waals surface area contributed by atoms with E-state index < -0.39 is 22.5 Å². The summed E-state index contributed by atoms with van der Waals surface area (Å²) in [6.07, 6.45) is 12.1. The number of ketones is 1. The first-order valence-corrected chi connectivity index (χ1v) is 18.3. The van der Waals surface area contributed by atoms with E-state index >= 15 is 0 Å². The van der Waals surface area contributed by atoms with Crippen LogP contribution in [0.25, 0.3) is 0 Å². The molecule has 6 aliphatic rings. The van der Waals surface area contributed by atoms with Crippen LogP contribution >= 0.6 is 11.3 Å². The van der Waals surface area contributed by atoms with Gasteiger partial charge in [-0.15, -0.1) is 11.3 Å². The van der Waals surface area contributed by atoms with Crippen LogP contribution in [0.15, 0.2) is 65.6 Å². The minimum absolute atomic E-state index is 0.00626. The Balaban J connectivity index is 1.29. The van der Waals surface area contributed by atoms with Gasteiger partial charge in [0.15, 0.2) is 5.78 Å². The van der Waals surface area contributed by atoms with Crippen molar-refractivity contribution in [1.82, 2.24) is 4.90 Å². The Morgan fingerprint density at radius 3 is 2.43 bits per heavy atom. The standard InChI is InChI=1S/C39H49NO6S/c1-5-46-34(43)40(21-15-29-7-6-22-47-29)25-38(44)18-14-32-36(38,3)17-13-31-35(2)16-12-27(41)23-37(35)19-20-39(31,32)30(24-37)33(42)26-8-10-28(45-4)11-9-26/h6-11,19-20,22,24,27,31-32,41,44H,5,12-18,21,23,25H2,1-4H3. The molecule has 1 amide bonds. The molecule has 8 rings (SSSR count). The van der Waals surface area contributed by atoms with Gasteiger partial charge in [0.2, 0.25) is 0 Å². The number of hydrogen-bond acceptors (Lipinski definition) is 7. The largest absolute Gasteiger partial charge is 0.497 e. The van der Waals surface area contributed by atoms with Gasteiger partial charge in [-0.25, -0.2) is 4.79 Å². The summed E-state index contributed by atoms with van der Waals surface area (Å²) in [4.78, 5) is 31.0. The molecule has 2 bridgehead atoms. The number of aliphatic hydroxyl groups excluding tert-OH is 1. The Hall–Kier alpha value is -2.94. The molecule has 0 aliphatic heterocycles. The van der Waals surface area contributed by atoms with Gasteiger partial charge in [-0.05, 0) is 111 Å². The third-order valence-corrected chi connectivity index (χ3v) is 14.4. The fraction of sp³-hybridized carbons (Fsp3) is 0.590. The number of methoxy groups -OCH3 is 1. The van der Waals surface area contributed by atoms with Gasteiger partial charge in [0.05, 0.1) is 32.0 Å². The lowest BCUT2D eigenvalue weighted by Crippen LogP contribution is -2.67. The highest BCUT2D eigenvalue weighted by Gasteiger charge is 2.74. The van der Waals surface area contributed by atoms with Crippen molar-refractivity contribution in [2.45, 2.75) is 83.8 Å². The maximum absolute atomic E-state index is 14.8. The van der Waals surface area contributed by atoms with E-state index in [1.807, 2.05) is 42.6 Å². The van der Waals surface area contributed by atoms with Crippen LogP contribution in [0.5, 0.6) is 5.75 Å². The molecule has 252 valence electrons. The Morgan fingerprint density at radius 2 is 1.72 bits per heavy atom. The number of carbonyl (C=O) groups excluding carboxylic acids is 2. The van der Waals surface area contributed by atoms with E-state index in [9.17, 15) is 19.8 Å². The summed E-state index contributed by atoms with van der Waals surface area (Å²) in [7, 11) is 1.62. The second-order valence-corrected chi connectivity index (χ2v) is 16.4. The minimum atomic E-state index is -1.14. The van der Waals surface area contributed by atoms with Crippen molar-refractivity contribution < 1.29 is 29.3 Å². The van der Waals surface area contributed by atoms with Crippen molar-refractivity contribution in [3.63, 3.8) is 0 Å². The van der Waals surface area contributed by atoms with E-state index in [0.29, 0.717) is 37.1 Å². The van der Waals surface area contributed by atoms with Crippen LogP contribution in [0.1, 0.15) is 81.0 Å². The molecule has 47 heavy (non-hydrogen) atoms. The van der Waals surface area contributed by atoms with Crippen LogP contribution in [-0.2, 0) is 11.2 Å². The van der Waals surface area contributed by atoms with Crippen LogP contribution in [0.4, 0.5) is 4.79 Å². The van der Waals surface area contributed by atoms with Crippen molar-refractivity contribution in [3.8, 4) is 5.75 Å². The summed E-state index contributed by atoms with van der Waals surface area (Å²) >= 11 is 1.67. The molecule has 6 aliphatic carbocycles. The fourth-order valence-corrected chi connectivity index (χ4v) is 11.7. The first-order chi connectivity index (χ1) is 22.5. The SMILES string of the molecule is CCOC(=O)N(CCc1cccs1)CC1(O)CCC2C34C=CC5(C=C3C(=O)c3ccc(OC)cc3)CC(O)CCC5(C)C4CCC21C. The molecular weight excluding hydrogens is 610 g/mol. The normalized spacial score (nSPS) is 38.2. The molecular formula is C39H49NO6S. The second kappa shape index (κ2) is 11.6. The highest BCUT2D eigenvalue weighted by Crippen LogP contribution is 2.78. The molecule has 8 atom stereocenters. The molecule has 8 unspecified atom stereocenters. The van der Waals surface area contributed by atoms with E-state index in [1.54, 1.807) is 23.3 Å².